The van der Waals surface area contributed by atoms with Gasteiger partial charge in [0.05, 0.1) is 13.2 Å². The normalized spacial score (nSPS) is 7.00. The minimum atomic E-state index is -1.37. The van der Waals surface area contributed by atoms with Crippen LogP contribution < -0.4 is 69.3 Å². The first-order valence-electron chi connectivity index (χ1n) is 3.16. The molecule has 0 spiro atoms. The fourth-order valence-electron chi connectivity index (χ4n) is 0.204. The van der Waals surface area contributed by atoms with Gasteiger partial charge < -0.3 is 30.0 Å². The molecule has 0 rings (SSSR count). The number of aliphatic hydroxyl groups is 2. The molecule has 0 aliphatic heterocycles. The maximum Gasteiger partial charge on any atom is 1.00 e. The fraction of sp³-hybridized carbons (Fsp3) is 0.667. The molecule has 14 heavy (non-hydrogen) atoms. The van der Waals surface area contributed by atoms with Crippen molar-refractivity contribution in [2.45, 2.75) is 12.8 Å². The van der Waals surface area contributed by atoms with Crippen LogP contribution in [0, 0.1) is 0 Å². The molecule has 0 saturated carbocycles. The van der Waals surface area contributed by atoms with Gasteiger partial charge in [0.15, 0.2) is 0 Å². The number of carbonyl (C=O) groups is 2. The van der Waals surface area contributed by atoms with Gasteiger partial charge in [0.2, 0.25) is 0 Å². The fourth-order valence-corrected chi connectivity index (χ4v) is 0.204. The Bertz CT molecular complexity index is 124. The molecule has 0 aliphatic carbocycles. The molecule has 6 nitrogen and oxygen atoms in total. The van der Waals surface area contributed by atoms with Gasteiger partial charge in [0.1, 0.15) is 0 Å². The van der Waals surface area contributed by atoms with Gasteiger partial charge in [-0.05, 0) is 12.8 Å². The third-order valence-corrected chi connectivity index (χ3v) is 0.633. The molecular formula is C6H10Na2O6. The van der Waals surface area contributed by atoms with Crippen LogP contribution in [0.3, 0.4) is 0 Å². The van der Waals surface area contributed by atoms with E-state index in [2.05, 4.69) is 0 Å². The molecule has 0 atom stereocenters. The second-order valence-electron chi connectivity index (χ2n) is 1.69. The first-order valence-corrected chi connectivity index (χ1v) is 3.16. The van der Waals surface area contributed by atoms with Crippen molar-refractivity contribution in [3.8, 4) is 0 Å². The van der Waals surface area contributed by atoms with E-state index in [1.54, 1.807) is 0 Å². The molecule has 0 aromatic heterocycles. The van der Waals surface area contributed by atoms with Crippen molar-refractivity contribution in [1.82, 2.24) is 0 Å². The standard InChI is InChI=1S/C4H6O4.C2H6O2.2Na/c5-3(6)1-2-4(7)8;3-1-2-4;;/h1-2H2,(H,5,6)(H,7,8);3-4H,1-2H2;;/q;;2*+1/p-2. The van der Waals surface area contributed by atoms with Crippen molar-refractivity contribution in [3.63, 3.8) is 0 Å². The number of carbonyl (C=O) groups excluding carboxylic acids is 2. The number of hydrogen-bond donors (Lipinski definition) is 2. The summed E-state index contributed by atoms with van der Waals surface area (Å²) in [6, 6.07) is 0. The third kappa shape index (κ3) is 38.4. The predicted octanol–water partition coefficient (Wildman–Crippen LogP) is -9.75. The van der Waals surface area contributed by atoms with Gasteiger partial charge in [-0.3, -0.25) is 0 Å². The van der Waals surface area contributed by atoms with Gasteiger partial charge in [-0.2, -0.15) is 0 Å². The number of rotatable bonds is 4. The average molecular weight is 224 g/mol. The van der Waals surface area contributed by atoms with Crippen molar-refractivity contribution in [2.24, 2.45) is 0 Å². The topological polar surface area (TPSA) is 121 Å². The minimum absolute atomic E-state index is 0. The molecule has 0 aromatic rings. The summed E-state index contributed by atoms with van der Waals surface area (Å²) in [5, 5.41) is 34.3. The predicted molar refractivity (Wildman–Crippen MR) is 33.4 cm³/mol. The van der Waals surface area contributed by atoms with Gasteiger partial charge in [-0.15, -0.1) is 0 Å². The maximum atomic E-state index is 9.50. The minimum Gasteiger partial charge on any atom is -0.550 e. The molecule has 0 radical (unpaired) electrons. The smallest absolute Gasteiger partial charge is 0.550 e. The molecule has 0 bridgehead atoms. The molecule has 2 N–H and O–H groups in total. The van der Waals surface area contributed by atoms with E-state index in [9.17, 15) is 19.8 Å². The van der Waals surface area contributed by atoms with E-state index >= 15 is 0 Å². The van der Waals surface area contributed by atoms with Crippen LogP contribution in [0.2, 0.25) is 0 Å². The summed E-state index contributed by atoms with van der Waals surface area (Å²) in [6.45, 7) is -0.250. The van der Waals surface area contributed by atoms with Crippen LogP contribution in [0.1, 0.15) is 12.8 Å². The van der Waals surface area contributed by atoms with Gasteiger partial charge in [-0.25, -0.2) is 0 Å². The zero-order valence-corrected chi connectivity index (χ0v) is 12.4. The van der Waals surface area contributed by atoms with Crippen molar-refractivity contribution >= 4 is 11.9 Å². The molecular weight excluding hydrogens is 214 g/mol. The van der Waals surface area contributed by atoms with E-state index in [1.165, 1.54) is 0 Å². The summed E-state index contributed by atoms with van der Waals surface area (Å²) in [4.78, 5) is 19.0. The molecule has 72 valence electrons. The van der Waals surface area contributed by atoms with Crippen molar-refractivity contribution in [2.75, 3.05) is 13.2 Å². The van der Waals surface area contributed by atoms with Crippen LogP contribution >= 0.6 is 0 Å². The number of aliphatic carboxylic acids is 2. The molecule has 0 heterocycles. The van der Waals surface area contributed by atoms with Crippen LogP contribution in [0.5, 0.6) is 0 Å². The Morgan fingerprint density at radius 2 is 1.07 bits per heavy atom. The van der Waals surface area contributed by atoms with Crippen LogP contribution in [-0.2, 0) is 9.59 Å². The van der Waals surface area contributed by atoms with Crippen molar-refractivity contribution < 1.29 is 89.1 Å². The summed E-state index contributed by atoms with van der Waals surface area (Å²) in [7, 11) is 0. The summed E-state index contributed by atoms with van der Waals surface area (Å²) in [6.07, 6.45) is -0.940. The molecule has 0 fully saturated rings. The van der Waals surface area contributed by atoms with E-state index < -0.39 is 24.8 Å². The Balaban J connectivity index is -0.0000000733. The summed E-state index contributed by atoms with van der Waals surface area (Å²) in [5.41, 5.74) is 0. The third-order valence-electron chi connectivity index (χ3n) is 0.633. The van der Waals surface area contributed by atoms with E-state index in [0.29, 0.717) is 0 Å². The molecule has 0 unspecified atom stereocenters. The summed E-state index contributed by atoms with van der Waals surface area (Å²) < 4.78 is 0. The Kier molecular flexibility index (Phi) is 33.6. The average Bonchev–Trinajstić information content (AvgIpc) is 2.01. The Hall–Kier alpha value is 0.860. The summed E-state index contributed by atoms with van der Waals surface area (Å²) >= 11 is 0. The largest absolute Gasteiger partial charge is 1.00 e. The maximum absolute atomic E-state index is 9.50. The number of aliphatic hydroxyl groups excluding tert-OH is 2. The van der Waals surface area contributed by atoms with Gasteiger partial charge in [-0.1, -0.05) is 0 Å². The van der Waals surface area contributed by atoms with Crippen LogP contribution in [0.15, 0.2) is 0 Å². The van der Waals surface area contributed by atoms with E-state index in [-0.39, 0.29) is 72.3 Å². The molecule has 0 amide bonds. The second-order valence-corrected chi connectivity index (χ2v) is 1.69. The molecule has 8 heteroatoms. The second kappa shape index (κ2) is 19.4. The van der Waals surface area contributed by atoms with Crippen LogP contribution in [0.25, 0.3) is 0 Å². The SMILES string of the molecule is O=C([O-])CCC(=O)[O-].OCCO.[Na+].[Na+]. The number of hydrogen-bond acceptors (Lipinski definition) is 6. The van der Waals surface area contributed by atoms with Gasteiger partial charge in [0, 0.05) is 11.9 Å². The Morgan fingerprint density at radius 3 is 1.14 bits per heavy atom. The first kappa shape index (κ1) is 24.2. The number of carboxylic acids is 2. The van der Waals surface area contributed by atoms with Crippen molar-refractivity contribution in [1.29, 1.82) is 0 Å². The molecule has 0 saturated heterocycles. The molecule has 0 aliphatic rings. The first-order chi connectivity index (χ1) is 5.54. The van der Waals surface area contributed by atoms with E-state index in [4.69, 9.17) is 10.2 Å². The monoisotopic (exact) mass is 224 g/mol. The van der Waals surface area contributed by atoms with Gasteiger partial charge in [0.25, 0.3) is 0 Å². The zero-order chi connectivity index (χ0) is 9.98. The Morgan fingerprint density at radius 1 is 0.857 bits per heavy atom. The molecule has 0 aromatic carbocycles. The van der Waals surface area contributed by atoms with E-state index in [0.717, 1.165) is 0 Å². The van der Waals surface area contributed by atoms with E-state index in [1.807, 2.05) is 0 Å². The Labute approximate surface area is 126 Å². The van der Waals surface area contributed by atoms with Crippen LogP contribution in [-0.4, -0.2) is 35.4 Å². The van der Waals surface area contributed by atoms with Gasteiger partial charge >= 0.3 is 59.1 Å². The zero-order valence-electron chi connectivity index (χ0n) is 8.36. The van der Waals surface area contributed by atoms with Crippen molar-refractivity contribution in [3.05, 3.63) is 0 Å². The quantitative estimate of drug-likeness (QED) is 0.457. The van der Waals surface area contributed by atoms with Crippen LogP contribution in [0.4, 0.5) is 0 Å². The summed E-state index contributed by atoms with van der Waals surface area (Å²) in [5.74, 6) is -2.73. The number of carboxylic acid groups (broad SMARTS) is 2.